The fraction of sp³-hybridized carbons (Fsp3) is 0.238. The molecule has 5 nitrogen and oxygen atoms in total. The lowest BCUT2D eigenvalue weighted by Gasteiger charge is -2.18. The van der Waals surface area contributed by atoms with Gasteiger partial charge in [-0.3, -0.25) is 9.59 Å². The molecule has 1 heterocycles. The van der Waals surface area contributed by atoms with Gasteiger partial charge in [-0.15, -0.1) is 0 Å². The van der Waals surface area contributed by atoms with Gasteiger partial charge in [-0.25, -0.2) is 0 Å². The third-order valence-corrected chi connectivity index (χ3v) is 4.40. The Morgan fingerprint density at radius 1 is 1.08 bits per heavy atom. The van der Waals surface area contributed by atoms with E-state index in [4.69, 9.17) is 0 Å². The molecule has 2 amide bonds. The van der Waals surface area contributed by atoms with Crippen LogP contribution in [0.2, 0.25) is 0 Å². The van der Waals surface area contributed by atoms with Crippen LogP contribution in [0.5, 0.6) is 0 Å². The summed E-state index contributed by atoms with van der Waals surface area (Å²) in [5, 5.41) is 3.78. The average molecular weight is 349 g/mol. The second kappa shape index (κ2) is 7.44. The first-order valence-electron chi connectivity index (χ1n) is 8.67. The summed E-state index contributed by atoms with van der Waals surface area (Å²) in [7, 11) is 1.64. The summed E-state index contributed by atoms with van der Waals surface area (Å²) >= 11 is 0. The molecule has 3 rings (SSSR count). The lowest BCUT2D eigenvalue weighted by atomic mass is 10.0. The monoisotopic (exact) mass is 349 g/mol. The number of carbonyl (C=O) groups is 2. The van der Waals surface area contributed by atoms with Gasteiger partial charge >= 0.3 is 0 Å². The summed E-state index contributed by atoms with van der Waals surface area (Å²) in [6.45, 7) is 4.15. The van der Waals surface area contributed by atoms with Gasteiger partial charge in [-0.1, -0.05) is 50.2 Å². The molecule has 1 aromatic heterocycles. The highest BCUT2D eigenvalue weighted by atomic mass is 16.2. The van der Waals surface area contributed by atoms with Crippen molar-refractivity contribution in [2.24, 2.45) is 0 Å². The number of nitrogens with zero attached hydrogens (tertiary/aromatic N) is 1. The van der Waals surface area contributed by atoms with E-state index in [1.807, 2.05) is 48.5 Å². The molecule has 5 heteroatoms. The van der Waals surface area contributed by atoms with E-state index in [9.17, 15) is 9.59 Å². The number of anilines is 1. The van der Waals surface area contributed by atoms with Crippen molar-refractivity contribution < 1.29 is 9.59 Å². The van der Waals surface area contributed by atoms with E-state index >= 15 is 0 Å². The number of fused-ring (bicyclic) bond motifs is 1. The molecule has 2 N–H and O–H groups in total. The number of aromatic amines is 1. The van der Waals surface area contributed by atoms with Gasteiger partial charge in [0.15, 0.2) is 0 Å². The van der Waals surface area contributed by atoms with Gasteiger partial charge in [0, 0.05) is 29.8 Å². The SMILES string of the molecule is CC(C)c1ccccc1NC(=O)CN(C)C(=O)c1c[nH]c2ccccc12. The van der Waals surface area contributed by atoms with Crippen molar-refractivity contribution >= 4 is 28.4 Å². The maximum Gasteiger partial charge on any atom is 0.256 e. The maximum absolute atomic E-state index is 12.7. The molecule has 0 spiro atoms. The number of hydrogen-bond donors (Lipinski definition) is 2. The standard InChI is InChI=1S/C21H23N3O2/c1-14(2)15-8-4-7-11-19(15)23-20(25)13-24(3)21(26)17-12-22-18-10-6-5-9-16(17)18/h4-12,14,22H,13H2,1-3H3,(H,23,25). The van der Waals surface area contributed by atoms with Crippen LogP contribution in [0.15, 0.2) is 54.7 Å². The van der Waals surface area contributed by atoms with Crippen molar-refractivity contribution in [1.82, 2.24) is 9.88 Å². The first-order chi connectivity index (χ1) is 12.5. The zero-order valence-electron chi connectivity index (χ0n) is 15.2. The molecule has 0 aliphatic heterocycles. The number of nitrogens with one attached hydrogen (secondary N) is 2. The number of amides is 2. The second-order valence-corrected chi connectivity index (χ2v) is 6.70. The first kappa shape index (κ1) is 17.7. The minimum absolute atomic E-state index is 0.00916. The molecule has 2 aromatic carbocycles. The Balaban J connectivity index is 1.71. The number of aromatic nitrogens is 1. The molecule has 0 saturated heterocycles. The van der Waals surface area contributed by atoms with Gasteiger partial charge in [0.1, 0.15) is 0 Å². The molecular weight excluding hydrogens is 326 g/mol. The number of para-hydroxylation sites is 2. The van der Waals surface area contributed by atoms with Gasteiger partial charge in [0.2, 0.25) is 5.91 Å². The quantitative estimate of drug-likeness (QED) is 0.731. The molecule has 0 aliphatic rings. The van der Waals surface area contributed by atoms with Crippen LogP contribution in [-0.4, -0.2) is 35.3 Å². The molecule has 26 heavy (non-hydrogen) atoms. The number of hydrogen-bond acceptors (Lipinski definition) is 2. The van der Waals surface area contributed by atoms with Crippen LogP contribution in [0.4, 0.5) is 5.69 Å². The van der Waals surface area contributed by atoms with Crippen LogP contribution in [0.1, 0.15) is 35.7 Å². The zero-order valence-corrected chi connectivity index (χ0v) is 15.2. The van der Waals surface area contributed by atoms with Crippen molar-refractivity contribution in [2.75, 3.05) is 18.9 Å². The predicted octanol–water partition coefficient (Wildman–Crippen LogP) is 4.00. The van der Waals surface area contributed by atoms with E-state index in [1.54, 1.807) is 13.2 Å². The Morgan fingerprint density at radius 3 is 2.54 bits per heavy atom. The highest BCUT2D eigenvalue weighted by Crippen LogP contribution is 2.24. The summed E-state index contributed by atoms with van der Waals surface area (Å²) in [6.07, 6.45) is 1.69. The predicted molar refractivity (Wildman–Crippen MR) is 104 cm³/mol. The van der Waals surface area contributed by atoms with Crippen LogP contribution >= 0.6 is 0 Å². The van der Waals surface area contributed by atoms with Gasteiger partial charge in [0.05, 0.1) is 12.1 Å². The van der Waals surface area contributed by atoms with E-state index in [0.29, 0.717) is 11.5 Å². The largest absolute Gasteiger partial charge is 0.360 e. The number of H-pyrrole nitrogens is 1. The second-order valence-electron chi connectivity index (χ2n) is 6.70. The lowest BCUT2D eigenvalue weighted by molar-refractivity contribution is -0.116. The summed E-state index contributed by atoms with van der Waals surface area (Å²) in [6, 6.07) is 15.3. The van der Waals surface area contributed by atoms with Crippen LogP contribution in [-0.2, 0) is 4.79 Å². The van der Waals surface area contributed by atoms with Crippen molar-refractivity contribution in [2.45, 2.75) is 19.8 Å². The zero-order chi connectivity index (χ0) is 18.7. The van der Waals surface area contributed by atoms with Crippen molar-refractivity contribution in [3.63, 3.8) is 0 Å². The molecule has 0 bridgehead atoms. The van der Waals surface area contributed by atoms with E-state index in [-0.39, 0.29) is 18.4 Å². The van der Waals surface area contributed by atoms with Crippen LogP contribution in [0.3, 0.4) is 0 Å². The number of rotatable bonds is 5. The Morgan fingerprint density at radius 2 is 1.77 bits per heavy atom. The Labute approximate surface area is 153 Å². The number of carbonyl (C=O) groups excluding carboxylic acids is 2. The van der Waals surface area contributed by atoms with E-state index < -0.39 is 0 Å². The molecule has 0 unspecified atom stereocenters. The molecule has 134 valence electrons. The number of likely N-dealkylation sites (N-methyl/N-ethyl adjacent to an activating group) is 1. The normalized spacial score (nSPS) is 10.9. The molecule has 0 radical (unpaired) electrons. The van der Waals surface area contributed by atoms with Gasteiger partial charge in [-0.2, -0.15) is 0 Å². The summed E-state index contributed by atoms with van der Waals surface area (Å²) in [4.78, 5) is 29.7. The van der Waals surface area contributed by atoms with Crippen molar-refractivity contribution in [3.05, 3.63) is 65.9 Å². The third-order valence-electron chi connectivity index (χ3n) is 4.40. The highest BCUT2D eigenvalue weighted by Gasteiger charge is 2.19. The Bertz CT molecular complexity index is 943. The molecule has 3 aromatic rings. The molecular formula is C21H23N3O2. The molecule has 0 saturated carbocycles. The van der Waals surface area contributed by atoms with Crippen molar-refractivity contribution in [3.8, 4) is 0 Å². The lowest BCUT2D eigenvalue weighted by Crippen LogP contribution is -2.35. The average Bonchev–Trinajstić information content (AvgIpc) is 3.05. The van der Waals surface area contributed by atoms with E-state index in [0.717, 1.165) is 22.2 Å². The first-order valence-corrected chi connectivity index (χ1v) is 8.67. The third kappa shape index (κ3) is 3.61. The van der Waals surface area contributed by atoms with E-state index in [1.165, 1.54) is 4.90 Å². The van der Waals surface area contributed by atoms with Crippen molar-refractivity contribution in [1.29, 1.82) is 0 Å². The minimum atomic E-state index is -0.214. The van der Waals surface area contributed by atoms with E-state index in [2.05, 4.69) is 24.1 Å². The Hall–Kier alpha value is -3.08. The fourth-order valence-corrected chi connectivity index (χ4v) is 3.05. The summed E-state index contributed by atoms with van der Waals surface area (Å²) < 4.78 is 0. The van der Waals surface area contributed by atoms with Crippen LogP contribution in [0.25, 0.3) is 10.9 Å². The van der Waals surface area contributed by atoms with Crippen LogP contribution < -0.4 is 5.32 Å². The minimum Gasteiger partial charge on any atom is -0.360 e. The molecule has 0 atom stereocenters. The van der Waals surface area contributed by atoms with Gasteiger partial charge in [0.25, 0.3) is 5.91 Å². The molecule has 0 aliphatic carbocycles. The molecule has 0 fully saturated rings. The smallest absolute Gasteiger partial charge is 0.256 e. The Kier molecular flexibility index (Phi) is 5.07. The maximum atomic E-state index is 12.7. The summed E-state index contributed by atoms with van der Waals surface area (Å²) in [5.74, 6) is -0.0967. The fourth-order valence-electron chi connectivity index (χ4n) is 3.05. The topological polar surface area (TPSA) is 65.2 Å². The van der Waals surface area contributed by atoms with Crippen LogP contribution in [0, 0.1) is 0 Å². The van der Waals surface area contributed by atoms with Gasteiger partial charge < -0.3 is 15.2 Å². The van der Waals surface area contributed by atoms with Gasteiger partial charge in [-0.05, 0) is 23.6 Å². The summed E-state index contributed by atoms with van der Waals surface area (Å²) in [5.41, 5.74) is 3.34. The highest BCUT2D eigenvalue weighted by molar-refractivity contribution is 6.08. The number of benzene rings is 2.